The van der Waals surface area contributed by atoms with E-state index in [1.165, 1.54) is 0 Å². The number of hydrogen-bond donors (Lipinski definition) is 2. The molecule has 1 aliphatic heterocycles. The Morgan fingerprint density at radius 3 is 2.62 bits per heavy atom. The first-order chi connectivity index (χ1) is 14.3. The van der Waals surface area contributed by atoms with Gasteiger partial charge in [0, 0.05) is 37.8 Å². The van der Waals surface area contributed by atoms with Crippen molar-refractivity contribution in [2.75, 3.05) is 31.5 Å². The van der Waals surface area contributed by atoms with E-state index in [0.717, 1.165) is 54.8 Å². The average Bonchev–Trinajstić information content (AvgIpc) is 2.76. The van der Waals surface area contributed by atoms with Gasteiger partial charge in [-0.2, -0.15) is 0 Å². The molecule has 2 amide bonds. The maximum absolute atomic E-state index is 12.3. The van der Waals surface area contributed by atoms with Crippen molar-refractivity contribution in [3.63, 3.8) is 0 Å². The van der Waals surface area contributed by atoms with Gasteiger partial charge in [-0.1, -0.05) is 36.4 Å². The number of likely N-dealkylation sites (tertiary alicyclic amines) is 1. The lowest BCUT2D eigenvalue weighted by Crippen LogP contribution is -2.42. The van der Waals surface area contributed by atoms with Crippen LogP contribution in [0.15, 0.2) is 66.9 Å². The summed E-state index contributed by atoms with van der Waals surface area (Å²) in [5.41, 5.74) is 1.64. The number of rotatable bonds is 6. The quantitative estimate of drug-likeness (QED) is 0.670. The standard InChI is InChI=1S/C23H26N4O2/c28-23(26-22-10-13-24-21-9-5-4-8-20(21)22)25-14-17-27-15-11-19(12-16-27)29-18-6-2-1-3-7-18/h1-10,13,19H,11-12,14-17H2,(H2,24,25,26,28). The molecule has 0 radical (unpaired) electrons. The van der Waals surface area contributed by atoms with E-state index < -0.39 is 0 Å². The van der Waals surface area contributed by atoms with Crippen LogP contribution >= 0.6 is 0 Å². The molecule has 6 heteroatoms. The van der Waals surface area contributed by atoms with Crippen LogP contribution in [0, 0.1) is 0 Å². The number of hydrogen-bond acceptors (Lipinski definition) is 4. The molecule has 1 saturated heterocycles. The maximum atomic E-state index is 12.3. The first-order valence-electron chi connectivity index (χ1n) is 10.1. The molecule has 0 unspecified atom stereocenters. The van der Waals surface area contributed by atoms with E-state index in [0.29, 0.717) is 6.54 Å². The zero-order valence-electron chi connectivity index (χ0n) is 16.4. The van der Waals surface area contributed by atoms with Crippen LogP contribution in [0.2, 0.25) is 0 Å². The average molecular weight is 390 g/mol. The number of carbonyl (C=O) groups is 1. The van der Waals surface area contributed by atoms with E-state index in [-0.39, 0.29) is 12.1 Å². The Morgan fingerprint density at radius 2 is 1.79 bits per heavy atom. The van der Waals surface area contributed by atoms with E-state index in [4.69, 9.17) is 4.74 Å². The predicted molar refractivity (Wildman–Crippen MR) is 115 cm³/mol. The zero-order chi connectivity index (χ0) is 19.9. The summed E-state index contributed by atoms with van der Waals surface area (Å²) in [6.45, 7) is 3.41. The van der Waals surface area contributed by atoms with Crippen molar-refractivity contribution < 1.29 is 9.53 Å². The molecule has 0 aliphatic carbocycles. The van der Waals surface area contributed by atoms with Crippen LogP contribution in [0.1, 0.15) is 12.8 Å². The van der Waals surface area contributed by atoms with Crippen LogP contribution in [0.3, 0.4) is 0 Å². The molecule has 150 valence electrons. The summed E-state index contributed by atoms with van der Waals surface area (Å²) in [6.07, 6.45) is 3.98. The lowest BCUT2D eigenvalue weighted by atomic mass is 10.1. The van der Waals surface area contributed by atoms with Crippen LogP contribution in [0.4, 0.5) is 10.5 Å². The topological polar surface area (TPSA) is 66.5 Å². The van der Waals surface area contributed by atoms with Crippen LogP contribution in [-0.2, 0) is 0 Å². The summed E-state index contributed by atoms with van der Waals surface area (Å²) >= 11 is 0. The predicted octanol–water partition coefficient (Wildman–Crippen LogP) is 3.90. The second-order valence-electron chi connectivity index (χ2n) is 7.23. The van der Waals surface area contributed by atoms with Crippen molar-refractivity contribution in [3.05, 3.63) is 66.9 Å². The van der Waals surface area contributed by atoms with Crippen molar-refractivity contribution >= 4 is 22.6 Å². The van der Waals surface area contributed by atoms with Gasteiger partial charge in [0.05, 0.1) is 11.2 Å². The van der Waals surface area contributed by atoms with Gasteiger partial charge in [-0.25, -0.2) is 4.79 Å². The van der Waals surface area contributed by atoms with Gasteiger partial charge in [-0.05, 0) is 37.1 Å². The number of ether oxygens (including phenoxy) is 1. The summed E-state index contributed by atoms with van der Waals surface area (Å²) in [5, 5.41) is 6.82. The molecule has 2 aromatic carbocycles. The largest absolute Gasteiger partial charge is 0.490 e. The number of nitrogens with zero attached hydrogens (tertiary/aromatic N) is 2. The molecule has 0 spiro atoms. The third kappa shape index (κ3) is 5.23. The van der Waals surface area contributed by atoms with Crippen molar-refractivity contribution in [1.82, 2.24) is 15.2 Å². The fraction of sp³-hybridized carbons (Fsp3) is 0.304. The van der Waals surface area contributed by atoms with Gasteiger partial charge in [0.25, 0.3) is 0 Å². The molecule has 29 heavy (non-hydrogen) atoms. The first kappa shape index (κ1) is 19.2. The molecular formula is C23H26N4O2. The number of aromatic nitrogens is 1. The van der Waals surface area contributed by atoms with Crippen LogP contribution < -0.4 is 15.4 Å². The highest BCUT2D eigenvalue weighted by molar-refractivity contribution is 6.00. The molecule has 1 aromatic heterocycles. The van der Waals surface area contributed by atoms with Crippen molar-refractivity contribution in [3.8, 4) is 5.75 Å². The second-order valence-corrected chi connectivity index (χ2v) is 7.23. The Kier molecular flexibility index (Phi) is 6.22. The van der Waals surface area contributed by atoms with Crippen LogP contribution in [0.5, 0.6) is 5.75 Å². The summed E-state index contributed by atoms with van der Waals surface area (Å²) < 4.78 is 6.04. The van der Waals surface area contributed by atoms with Gasteiger partial charge >= 0.3 is 6.03 Å². The Hall–Kier alpha value is -3.12. The number of para-hydroxylation sites is 2. The van der Waals surface area contributed by atoms with Gasteiger partial charge < -0.3 is 20.3 Å². The third-order valence-electron chi connectivity index (χ3n) is 5.19. The number of nitrogens with one attached hydrogen (secondary N) is 2. The maximum Gasteiger partial charge on any atom is 0.319 e. The number of urea groups is 1. The Bertz CT molecular complexity index is 935. The monoisotopic (exact) mass is 390 g/mol. The molecule has 0 bridgehead atoms. The smallest absolute Gasteiger partial charge is 0.319 e. The number of pyridine rings is 1. The van der Waals surface area contributed by atoms with Gasteiger partial charge in [-0.15, -0.1) is 0 Å². The highest BCUT2D eigenvalue weighted by Gasteiger charge is 2.20. The second kappa shape index (κ2) is 9.39. The molecule has 0 saturated carbocycles. The van der Waals surface area contributed by atoms with E-state index in [2.05, 4.69) is 20.5 Å². The molecule has 1 aliphatic rings. The fourth-order valence-electron chi connectivity index (χ4n) is 3.64. The van der Waals surface area contributed by atoms with Gasteiger partial charge in [0.1, 0.15) is 11.9 Å². The molecule has 4 rings (SSSR count). The summed E-state index contributed by atoms with van der Waals surface area (Å²) in [7, 11) is 0. The summed E-state index contributed by atoms with van der Waals surface area (Å²) in [5.74, 6) is 0.938. The van der Waals surface area contributed by atoms with Crippen LogP contribution in [0.25, 0.3) is 10.9 Å². The lowest BCUT2D eigenvalue weighted by molar-refractivity contribution is 0.101. The molecule has 0 atom stereocenters. The molecule has 2 N–H and O–H groups in total. The number of amides is 2. The zero-order valence-corrected chi connectivity index (χ0v) is 16.4. The molecule has 3 aromatic rings. The van der Waals surface area contributed by atoms with Crippen molar-refractivity contribution in [2.24, 2.45) is 0 Å². The minimum atomic E-state index is -0.191. The van der Waals surface area contributed by atoms with Gasteiger partial charge in [0.2, 0.25) is 0 Å². The van der Waals surface area contributed by atoms with E-state index in [9.17, 15) is 4.79 Å². The fourth-order valence-corrected chi connectivity index (χ4v) is 3.64. The van der Waals surface area contributed by atoms with E-state index in [1.54, 1.807) is 6.20 Å². The van der Waals surface area contributed by atoms with Gasteiger partial charge in [-0.3, -0.25) is 4.98 Å². The van der Waals surface area contributed by atoms with Gasteiger partial charge in [0.15, 0.2) is 0 Å². The summed E-state index contributed by atoms with van der Waals surface area (Å²) in [4.78, 5) is 19.0. The van der Waals surface area contributed by atoms with E-state index >= 15 is 0 Å². The number of carbonyl (C=O) groups excluding carboxylic acids is 1. The van der Waals surface area contributed by atoms with Crippen LogP contribution in [-0.4, -0.2) is 48.2 Å². The highest BCUT2D eigenvalue weighted by atomic mass is 16.5. The lowest BCUT2D eigenvalue weighted by Gasteiger charge is -2.32. The first-order valence-corrected chi connectivity index (χ1v) is 10.1. The van der Waals surface area contributed by atoms with Crippen molar-refractivity contribution in [1.29, 1.82) is 0 Å². The molecular weight excluding hydrogens is 364 g/mol. The van der Waals surface area contributed by atoms with Crippen molar-refractivity contribution in [2.45, 2.75) is 18.9 Å². The molecule has 6 nitrogen and oxygen atoms in total. The Balaban J connectivity index is 1.18. The number of piperidine rings is 1. The number of fused-ring (bicyclic) bond motifs is 1. The number of anilines is 1. The minimum Gasteiger partial charge on any atom is -0.490 e. The minimum absolute atomic E-state index is 0.191. The van der Waals surface area contributed by atoms with E-state index in [1.807, 2.05) is 60.7 Å². The SMILES string of the molecule is O=C(NCCN1CCC(Oc2ccccc2)CC1)Nc1ccnc2ccccc12. The molecule has 2 heterocycles. The number of benzene rings is 2. The Labute approximate surface area is 170 Å². The Morgan fingerprint density at radius 1 is 1.03 bits per heavy atom. The third-order valence-corrected chi connectivity index (χ3v) is 5.19. The highest BCUT2D eigenvalue weighted by Crippen LogP contribution is 2.21. The summed E-state index contributed by atoms with van der Waals surface area (Å²) in [6, 6.07) is 19.4. The normalized spacial score (nSPS) is 15.2. The molecule has 1 fully saturated rings.